The van der Waals surface area contributed by atoms with E-state index in [1.807, 2.05) is 36.4 Å². The summed E-state index contributed by atoms with van der Waals surface area (Å²) in [6.07, 6.45) is 2.54. The highest BCUT2D eigenvalue weighted by molar-refractivity contribution is 5.34. The first-order chi connectivity index (χ1) is 12.8. The summed E-state index contributed by atoms with van der Waals surface area (Å²) in [7, 11) is 0. The van der Waals surface area contributed by atoms with Gasteiger partial charge in [0, 0.05) is 38.1 Å². The largest absolute Gasteiger partial charge is 0.457 e. The molecule has 26 heavy (non-hydrogen) atoms. The molecule has 136 valence electrons. The number of fused-ring (bicyclic) bond motifs is 1. The SMILES string of the molecule is OC[C@H]1[C@H]2CN(Cc3cccc(Oc4ccccc4)c3)C[C@]23CC[C@H]1O3. The average molecular weight is 351 g/mol. The molecule has 3 aliphatic heterocycles. The van der Waals surface area contributed by atoms with Gasteiger partial charge in [0.25, 0.3) is 0 Å². The van der Waals surface area contributed by atoms with E-state index in [1.54, 1.807) is 0 Å². The summed E-state index contributed by atoms with van der Waals surface area (Å²) in [5.41, 5.74) is 1.25. The van der Waals surface area contributed by atoms with Crippen LogP contribution in [0.2, 0.25) is 0 Å². The molecule has 0 aliphatic carbocycles. The molecular formula is C22H25NO3. The van der Waals surface area contributed by atoms with Gasteiger partial charge in [-0.15, -0.1) is 0 Å². The lowest BCUT2D eigenvalue weighted by molar-refractivity contribution is 0.000380. The van der Waals surface area contributed by atoms with Gasteiger partial charge in [-0.1, -0.05) is 30.3 Å². The number of aliphatic hydroxyl groups excluding tert-OH is 1. The van der Waals surface area contributed by atoms with Crippen molar-refractivity contribution >= 4 is 0 Å². The maximum Gasteiger partial charge on any atom is 0.127 e. The fourth-order valence-electron chi connectivity index (χ4n) is 5.24. The van der Waals surface area contributed by atoms with E-state index in [2.05, 4.69) is 23.1 Å². The predicted molar refractivity (Wildman–Crippen MR) is 99.1 cm³/mol. The van der Waals surface area contributed by atoms with E-state index in [9.17, 15) is 5.11 Å². The molecule has 3 heterocycles. The lowest BCUT2D eigenvalue weighted by Crippen LogP contribution is -2.37. The van der Waals surface area contributed by atoms with E-state index in [1.165, 1.54) is 5.56 Å². The number of likely N-dealkylation sites (tertiary alicyclic amines) is 1. The highest BCUT2D eigenvalue weighted by Crippen LogP contribution is 2.54. The summed E-state index contributed by atoms with van der Waals surface area (Å²) in [4.78, 5) is 2.48. The monoisotopic (exact) mass is 351 g/mol. The number of benzene rings is 2. The van der Waals surface area contributed by atoms with Crippen LogP contribution in [-0.2, 0) is 11.3 Å². The first kappa shape index (κ1) is 16.3. The number of para-hydroxylation sites is 1. The van der Waals surface area contributed by atoms with Gasteiger partial charge in [-0.05, 0) is 42.7 Å². The Kier molecular flexibility index (Phi) is 4.00. The molecule has 1 N–H and O–H groups in total. The molecule has 0 amide bonds. The molecule has 5 rings (SSSR count). The highest BCUT2D eigenvalue weighted by Gasteiger charge is 2.62. The van der Waals surface area contributed by atoms with E-state index >= 15 is 0 Å². The molecule has 2 bridgehead atoms. The molecule has 4 atom stereocenters. The minimum absolute atomic E-state index is 0.00376. The van der Waals surface area contributed by atoms with Crippen LogP contribution in [0.25, 0.3) is 0 Å². The predicted octanol–water partition coefficient (Wildman–Crippen LogP) is 3.45. The molecular weight excluding hydrogens is 326 g/mol. The highest BCUT2D eigenvalue weighted by atomic mass is 16.5. The van der Waals surface area contributed by atoms with Crippen LogP contribution in [0.1, 0.15) is 18.4 Å². The van der Waals surface area contributed by atoms with Gasteiger partial charge in [0.2, 0.25) is 0 Å². The third-order valence-electron chi connectivity index (χ3n) is 6.35. The fraction of sp³-hybridized carbons (Fsp3) is 0.455. The van der Waals surface area contributed by atoms with Crippen molar-refractivity contribution in [3.63, 3.8) is 0 Å². The summed E-state index contributed by atoms with van der Waals surface area (Å²) in [5.74, 6) is 2.53. The molecule has 4 nitrogen and oxygen atoms in total. The smallest absolute Gasteiger partial charge is 0.127 e. The molecule has 0 unspecified atom stereocenters. The molecule has 2 aromatic rings. The summed E-state index contributed by atoms with van der Waals surface area (Å²) in [6, 6.07) is 18.2. The van der Waals surface area contributed by atoms with Crippen molar-refractivity contribution < 1.29 is 14.6 Å². The van der Waals surface area contributed by atoms with Gasteiger partial charge >= 0.3 is 0 Å². The first-order valence-corrected chi connectivity index (χ1v) is 9.59. The van der Waals surface area contributed by atoms with Crippen LogP contribution in [0.5, 0.6) is 11.5 Å². The van der Waals surface area contributed by atoms with Gasteiger partial charge in [0.1, 0.15) is 11.5 Å². The van der Waals surface area contributed by atoms with Crippen molar-refractivity contribution in [3.05, 3.63) is 60.2 Å². The molecule has 0 radical (unpaired) electrons. The minimum atomic E-state index is -0.00376. The Labute approximate surface area is 154 Å². The first-order valence-electron chi connectivity index (χ1n) is 9.59. The van der Waals surface area contributed by atoms with Crippen molar-refractivity contribution in [1.29, 1.82) is 0 Å². The fourth-order valence-corrected chi connectivity index (χ4v) is 5.24. The maximum absolute atomic E-state index is 9.77. The van der Waals surface area contributed by atoms with E-state index in [0.29, 0.717) is 11.8 Å². The number of hydrogen-bond donors (Lipinski definition) is 1. The Bertz CT molecular complexity index is 780. The van der Waals surface area contributed by atoms with E-state index in [0.717, 1.165) is 44.0 Å². The minimum Gasteiger partial charge on any atom is -0.457 e. The van der Waals surface area contributed by atoms with Gasteiger partial charge in [-0.3, -0.25) is 4.90 Å². The lowest BCUT2D eigenvalue weighted by atomic mass is 9.74. The van der Waals surface area contributed by atoms with Crippen LogP contribution in [0.3, 0.4) is 0 Å². The number of aliphatic hydroxyl groups is 1. The lowest BCUT2D eigenvalue weighted by Gasteiger charge is -2.28. The Morgan fingerprint density at radius 2 is 1.96 bits per heavy atom. The van der Waals surface area contributed by atoms with Crippen molar-refractivity contribution in [2.75, 3.05) is 19.7 Å². The molecule has 0 aromatic heterocycles. The van der Waals surface area contributed by atoms with Crippen LogP contribution < -0.4 is 4.74 Å². The quantitative estimate of drug-likeness (QED) is 0.896. The number of ether oxygens (including phenoxy) is 2. The van der Waals surface area contributed by atoms with Crippen LogP contribution in [0.4, 0.5) is 0 Å². The molecule has 2 aromatic carbocycles. The number of rotatable bonds is 5. The van der Waals surface area contributed by atoms with E-state index in [4.69, 9.17) is 9.47 Å². The number of nitrogens with zero attached hydrogens (tertiary/aromatic N) is 1. The third kappa shape index (κ3) is 2.73. The second-order valence-electron chi connectivity index (χ2n) is 7.94. The van der Waals surface area contributed by atoms with Gasteiger partial charge < -0.3 is 14.6 Å². The summed E-state index contributed by atoms with van der Waals surface area (Å²) in [6.45, 7) is 3.15. The van der Waals surface area contributed by atoms with Crippen molar-refractivity contribution in [2.24, 2.45) is 11.8 Å². The Morgan fingerprint density at radius 3 is 2.81 bits per heavy atom. The zero-order chi connectivity index (χ0) is 17.6. The molecule has 4 heteroatoms. The van der Waals surface area contributed by atoms with Gasteiger partial charge in [-0.2, -0.15) is 0 Å². The maximum atomic E-state index is 9.77. The Balaban J connectivity index is 1.28. The molecule has 3 fully saturated rings. The summed E-state index contributed by atoms with van der Waals surface area (Å²) < 4.78 is 12.3. The van der Waals surface area contributed by atoms with Crippen molar-refractivity contribution in [2.45, 2.75) is 31.1 Å². The van der Waals surface area contributed by atoms with E-state index < -0.39 is 0 Å². The molecule has 0 saturated carbocycles. The van der Waals surface area contributed by atoms with Crippen LogP contribution in [-0.4, -0.2) is 41.4 Å². The second kappa shape index (κ2) is 6.38. The topological polar surface area (TPSA) is 41.9 Å². The zero-order valence-electron chi connectivity index (χ0n) is 14.9. The molecule has 3 saturated heterocycles. The van der Waals surface area contributed by atoms with Gasteiger partial charge in [0.15, 0.2) is 0 Å². The Hall–Kier alpha value is -1.88. The van der Waals surface area contributed by atoms with Crippen molar-refractivity contribution in [3.8, 4) is 11.5 Å². The number of hydrogen-bond acceptors (Lipinski definition) is 4. The normalized spacial score (nSPS) is 32.7. The van der Waals surface area contributed by atoms with E-state index in [-0.39, 0.29) is 18.3 Å². The summed E-state index contributed by atoms with van der Waals surface area (Å²) >= 11 is 0. The van der Waals surface area contributed by atoms with Crippen LogP contribution in [0, 0.1) is 11.8 Å². The average Bonchev–Trinajstić information content (AvgIpc) is 3.30. The standard InChI is InChI=1S/C22H25NO3/c24-14-19-20-13-23(15-22(20)10-9-21(19)26-22)12-16-5-4-8-18(11-16)25-17-6-2-1-3-7-17/h1-8,11,19-21,24H,9-10,12-15H2/t19-,20+,21+,22+/m0/s1. The summed E-state index contributed by atoms with van der Waals surface area (Å²) in [5, 5.41) is 9.77. The van der Waals surface area contributed by atoms with Gasteiger partial charge in [-0.25, -0.2) is 0 Å². The van der Waals surface area contributed by atoms with Gasteiger partial charge in [0.05, 0.1) is 11.7 Å². The van der Waals surface area contributed by atoms with Crippen molar-refractivity contribution in [1.82, 2.24) is 4.90 Å². The third-order valence-corrected chi connectivity index (χ3v) is 6.35. The molecule has 3 aliphatic rings. The second-order valence-corrected chi connectivity index (χ2v) is 7.94. The van der Waals surface area contributed by atoms with Crippen LogP contribution >= 0.6 is 0 Å². The Morgan fingerprint density at radius 1 is 1.12 bits per heavy atom. The van der Waals surface area contributed by atoms with Crippen LogP contribution in [0.15, 0.2) is 54.6 Å². The zero-order valence-corrected chi connectivity index (χ0v) is 14.9. The molecule has 1 spiro atoms.